The van der Waals surface area contributed by atoms with Crippen LogP contribution in [0.1, 0.15) is 46.5 Å². The zero-order chi connectivity index (χ0) is 18.6. The van der Waals surface area contributed by atoms with Crippen molar-refractivity contribution in [3.05, 3.63) is 77.8 Å². The first-order valence-corrected chi connectivity index (χ1v) is 8.93. The van der Waals surface area contributed by atoms with Crippen molar-refractivity contribution in [1.82, 2.24) is 19.9 Å². The molecule has 3 aromatic rings. The van der Waals surface area contributed by atoms with E-state index in [-0.39, 0.29) is 17.6 Å². The normalized spacial score (nSPS) is 17.1. The molecule has 3 heterocycles. The smallest absolute Gasteiger partial charge is 0.274 e. The molecule has 1 aliphatic heterocycles. The van der Waals surface area contributed by atoms with E-state index in [1.54, 1.807) is 23.4 Å². The number of piperidine rings is 1. The van der Waals surface area contributed by atoms with E-state index >= 15 is 0 Å². The largest absolute Gasteiger partial charge is 0.445 e. The van der Waals surface area contributed by atoms with E-state index in [0.29, 0.717) is 36.9 Å². The van der Waals surface area contributed by atoms with Gasteiger partial charge >= 0.3 is 0 Å². The minimum absolute atomic E-state index is 0.0423. The minimum atomic E-state index is -0.266. The third-order valence-electron chi connectivity index (χ3n) is 4.68. The number of halogens is 1. The van der Waals surface area contributed by atoms with Gasteiger partial charge in [0.05, 0.1) is 18.3 Å². The van der Waals surface area contributed by atoms with Crippen molar-refractivity contribution in [3.8, 4) is 0 Å². The fraction of sp³-hybridized carbons (Fsp3) is 0.300. The molecule has 6 nitrogen and oxygen atoms in total. The van der Waals surface area contributed by atoms with Gasteiger partial charge < -0.3 is 9.32 Å². The van der Waals surface area contributed by atoms with E-state index in [1.165, 1.54) is 24.5 Å². The van der Waals surface area contributed by atoms with Gasteiger partial charge in [0.25, 0.3) is 5.91 Å². The monoisotopic (exact) mass is 366 g/mol. The molecular formula is C20H19FN4O2. The zero-order valence-electron chi connectivity index (χ0n) is 14.7. The van der Waals surface area contributed by atoms with Gasteiger partial charge in [-0.1, -0.05) is 12.1 Å². The number of amides is 1. The third-order valence-corrected chi connectivity index (χ3v) is 4.68. The lowest BCUT2D eigenvalue weighted by molar-refractivity contribution is 0.0691. The number of likely N-dealkylation sites (tertiary alicyclic amines) is 1. The lowest BCUT2D eigenvalue weighted by atomic mass is 9.98. The van der Waals surface area contributed by atoms with E-state index < -0.39 is 0 Å². The summed E-state index contributed by atoms with van der Waals surface area (Å²) in [5, 5.41) is 0. The highest BCUT2D eigenvalue weighted by molar-refractivity contribution is 5.92. The fourth-order valence-electron chi connectivity index (χ4n) is 3.38. The Morgan fingerprint density at radius 1 is 1.26 bits per heavy atom. The fourth-order valence-corrected chi connectivity index (χ4v) is 3.38. The molecule has 0 unspecified atom stereocenters. The molecule has 1 atom stereocenters. The highest BCUT2D eigenvalue weighted by Gasteiger charge is 2.29. The number of carbonyl (C=O) groups excluding carboxylic acids is 1. The van der Waals surface area contributed by atoms with Crippen LogP contribution < -0.4 is 0 Å². The van der Waals surface area contributed by atoms with Gasteiger partial charge in [0.1, 0.15) is 17.3 Å². The number of aromatic nitrogens is 3. The molecule has 0 bridgehead atoms. The molecule has 0 N–H and O–H groups in total. The van der Waals surface area contributed by atoms with Crippen LogP contribution in [0.4, 0.5) is 4.39 Å². The first kappa shape index (κ1) is 17.3. The topological polar surface area (TPSA) is 72.1 Å². The highest BCUT2D eigenvalue weighted by atomic mass is 19.1. The lowest BCUT2D eigenvalue weighted by Gasteiger charge is -2.30. The highest BCUT2D eigenvalue weighted by Crippen LogP contribution is 2.28. The van der Waals surface area contributed by atoms with Crippen molar-refractivity contribution in [2.24, 2.45) is 0 Å². The molecule has 0 aliphatic carbocycles. The van der Waals surface area contributed by atoms with Crippen molar-refractivity contribution in [2.45, 2.75) is 25.2 Å². The van der Waals surface area contributed by atoms with Gasteiger partial charge in [0.15, 0.2) is 5.89 Å². The van der Waals surface area contributed by atoms with E-state index in [2.05, 4.69) is 15.0 Å². The maximum atomic E-state index is 13.3. The summed E-state index contributed by atoms with van der Waals surface area (Å²) in [5.74, 6) is 0.962. The van der Waals surface area contributed by atoms with Crippen LogP contribution in [0.25, 0.3) is 0 Å². The Hall–Kier alpha value is -3.09. The summed E-state index contributed by atoms with van der Waals surface area (Å²) in [5.41, 5.74) is 1.18. The van der Waals surface area contributed by atoms with Gasteiger partial charge in [-0.2, -0.15) is 0 Å². The molecule has 0 radical (unpaired) electrons. The molecule has 1 saturated heterocycles. The second-order valence-electron chi connectivity index (χ2n) is 6.65. The summed E-state index contributed by atoms with van der Waals surface area (Å²) in [4.78, 5) is 26.8. The van der Waals surface area contributed by atoms with Gasteiger partial charge in [-0.3, -0.25) is 9.78 Å². The summed E-state index contributed by atoms with van der Waals surface area (Å²) in [7, 11) is 0. The van der Waals surface area contributed by atoms with Crippen molar-refractivity contribution in [3.63, 3.8) is 0 Å². The Bertz CT molecular complexity index is 928. The standard InChI is InChI=1S/C20H19FN4O2/c21-16-5-1-3-14(9-16)10-17-11-24-19(27-17)15-4-2-8-25(13-15)20(26)18-12-22-6-7-23-18/h1,3,5-7,9,11-12,15H,2,4,8,10,13H2/t15-/m0/s1. The molecule has 2 aromatic heterocycles. The van der Waals surface area contributed by atoms with Gasteiger partial charge in [0.2, 0.25) is 0 Å². The summed E-state index contributed by atoms with van der Waals surface area (Å²) in [6.45, 7) is 1.22. The predicted molar refractivity (Wildman–Crippen MR) is 95.6 cm³/mol. The van der Waals surface area contributed by atoms with Gasteiger partial charge in [-0.05, 0) is 30.5 Å². The zero-order valence-corrected chi connectivity index (χ0v) is 14.7. The van der Waals surface area contributed by atoms with Crippen LogP contribution in [0.15, 0.2) is 53.5 Å². The molecule has 1 amide bonds. The second-order valence-corrected chi connectivity index (χ2v) is 6.65. The molecule has 1 aliphatic rings. The molecule has 4 rings (SSSR count). The van der Waals surface area contributed by atoms with Crippen LogP contribution in [0, 0.1) is 5.82 Å². The van der Waals surface area contributed by atoms with Crippen molar-refractivity contribution < 1.29 is 13.6 Å². The Kier molecular flexibility index (Phi) is 4.91. The van der Waals surface area contributed by atoms with Crippen LogP contribution in [0.3, 0.4) is 0 Å². The molecule has 1 aromatic carbocycles. The number of carbonyl (C=O) groups is 1. The number of oxazole rings is 1. The van der Waals surface area contributed by atoms with E-state index in [1.807, 2.05) is 6.07 Å². The SMILES string of the molecule is O=C(c1cnccn1)N1CCC[C@H](c2ncc(Cc3cccc(F)c3)o2)C1. The van der Waals surface area contributed by atoms with Crippen LogP contribution in [-0.2, 0) is 6.42 Å². The Morgan fingerprint density at radius 2 is 2.19 bits per heavy atom. The molecule has 0 spiro atoms. The van der Waals surface area contributed by atoms with Gasteiger partial charge in [-0.15, -0.1) is 0 Å². The molecule has 7 heteroatoms. The number of nitrogens with zero attached hydrogens (tertiary/aromatic N) is 4. The van der Waals surface area contributed by atoms with Crippen LogP contribution in [0.5, 0.6) is 0 Å². The molecule has 1 fully saturated rings. The average molecular weight is 366 g/mol. The molecule has 0 saturated carbocycles. The molecule has 27 heavy (non-hydrogen) atoms. The van der Waals surface area contributed by atoms with Crippen molar-refractivity contribution >= 4 is 5.91 Å². The maximum absolute atomic E-state index is 13.3. The van der Waals surface area contributed by atoms with Crippen LogP contribution >= 0.6 is 0 Å². The maximum Gasteiger partial charge on any atom is 0.274 e. The predicted octanol–water partition coefficient (Wildman–Crippen LogP) is 3.21. The number of hydrogen-bond acceptors (Lipinski definition) is 5. The Morgan fingerprint density at radius 3 is 3.00 bits per heavy atom. The minimum Gasteiger partial charge on any atom is -0.445 e. The van der Waals surface area contributed by atoms with E-state index in [4.69, 9.17) is 4.42 Å². The van der Waals surface area contributed by atoms with E-state index in [9.17, 15) is 9.18 Å². The average Bonchev–Trinajstić information content (AvgIpc) is 3.17. The lowest BCUT2D eigenvalue weighted by Crippen LogP contribution is -2.39. The Labute approximate surface area is 156 Å². The first-order valence-electron chi connectivity index (χ1n) is 8.93. The van der Waals surface area contributed by atoms with Crippen LogP contribution in [-0.4, -0.2) is 38.8 Å². The summed E-state index contributed by atoms with van der Waals surface area (Å²) >= 11 is 0. The van der Waals surface area contributed by atoms with Gasteiger partial charge in [-0.25, -0.2) is 14.4 Å². The quantitative estimate of drug-likeness (QED) is 0.709. The molecule has 138 valence electrons. The number of hydrogen-bond donors (Lipinski definition) is 0. The summed E-state index contributed by atoms with van der Waals surface area (Å²) < 4.78 is 19.2. The first-order chi connectivity index (χ1) is 13.2. The number of benzene rings is 1. The van der Waals surface area contributed by atoms with Crippen LogP contribution in [0.2, 0.25) is 0 Å². The second kappa shape index (κ2) is 7.65. The third kappa shape index (κ3) is 4.02. The van der Waals surface area contributed by atoms with Gasteiger partial charge in [0, 0.05) is 31.9 Å². The van der Waals surface area contributed by atoms with E-state index in [0.717, 1.165) is 18.4 Å². The Balaban J connectivity index is 1.44. The van der Waals surface area contributed by atoms with Crippen molar-refractivity contribution in [2.75, 3.05) is 13.1 Å². The summed E-state index contributed by atoms with van der Waals surface area (Å²) in [6, 6.07) is 6.44. The van der Waals surface area contributed by atoms with Crippen molar-refractivity contribution in [1.29, 1.82) is 0 Å². The number of rotatable bonds is 4. The molecular weight excluding hydrogens is 347 g/mol. The summed E-state index contributed by atoms with van der Waals surface area (Å²) in [6.07, 6.45) is 8.49.